The molecular weight excluding hydrogens is 905 g/mol. The van der Waals surface area contributed by atoms with E-state index >= 15 is 0 Å². The van der Waals surface area contributed by atoms with E-state index in [9.17, 15) is 0 Å². The minimum atomic E-state index is -0.756. The third-order valence-corrected chi connectivity index (χ3v) is 11.3. The monoisotopic (exact) mass is 991 g/mol. The number of unbranched alkanes of at least 4 members (excludes halogenated alkanes) is 6. The first-order valence-electron chi connectivity index (χ1n) is 26.2. The Hall–Kier alpha value is -3.80. The molecule has 4 rings (SSSR count). The van der Waals surface area contributed by atoms with Gasteiger partial charge in [-0.3, -0.25) is 0 Å². The lowest BCUT2D eigenvalue weighted by Gasteiger charge is -2.36. The molecule has 4 aromatic rings. The van der Waals surface area contributed by atoms with Gasteiger partial charge in [0.25, 0.3) is 0 Å². The van der Waals surface area contributed by atoms with Crippen LogP contribution in [0.25, 0.3) is 0 Å². The van der Waals surface area contributed by atoms with Gasteiger partial charge >= 0.3 is 0 Å². The van der Waals surface area contributed by atoms with Crippen LogP contribution in [0.2, 0.25) is 0 Å². The van der Waals surface area contributed by atoms with E-state index < -0.39 is 5.60 Å². The maximum Gasteiger partial charge on any atom is 0.143 e. The SMILES string of the molecule is CCCCCCCCCc1ccc(OCCOCCOCCOCCOCCOCCOCCOCCOCCOCCOCCOCCOC(c2ccccc2)(c2ccccc2)c2ccccc2)cc1. The first-order valence-corrected chi connectivity index (χ1v) is 26.2. The lowest BCUT2D eigenvalue weighted by molar-refractivity contribution is -0.0399. The largest absolute Gasteiger partial charge is 0.491 e. The van der Waals surface area contributed by atoms with Gasteiger partial charge in [0.1, 0.15) is 18.0 Å². The van der Waals surface area contributed by atoms with E-state index in [2.05, 4.69) is 67.6 Å². The smallest absolute Gasteiger partial charge is 0.143 e. The van der Waals surface area contributed by atoms with Crippen molar-refractivity contribution < 1.29 is 61.6 Å². The number of aryl methyl sites for hydroxylation is 1. The highest BCUT2D eigenvalue weighted by Gasteiger charge is 2.37. The van der Waals surface area contributed by atoms with Crippen LogP contribution in [0.1, 0.15) is 74.1 Å². The first-order chi connectivity index (χ1) is 35.3. The molecular formula is C58H86O13. The maximum atomic E-state index is 6.75. The van der Waals surface area contributed by atoms with E-state index in [1.54, 1.807) is 0 Å². The summed E-state index contributed by atoms with van der Waals surface area (Å²) < 4.78 is 74.3. The lowest BCUT2D eigenvalue weighted by atomic mass is 9.80. The summed E-state index contributed by atoms with van der Waals surface area (Å²) in [6.45, 7) is 14.1. The van der Waals surface area contributed by atoms with Gasteiger partial charge in [-0.15, -0.1) is 0 Å². The molecule has 0 amide bonds. The summed E-state index contributed by atoms with van der Waals surface area (Å²) in [4.78, 5) is 0. The normalized spacial score (nSPS) is 11.7. The van der Waals surface area contributed by atoms with Crippen LogP contribution < -0.4 is 4.74 Å². The molecule has 0 unspecified atom stereocenters. The Labute approximate surface area is 425 Å². The standard InChI is InChI=1S/C58H86O13/c1-2-3-4-5-6-7-11-18-53-25-27-57(28-26-53)70-51-49-68-47-45-66-43-41-64-39-37-62-35-33-60-31-29-59-30-32-61-34-36-63-38-40-65-42-44-67-46-48-69-50-52-71-58(54-19-12-8-13-20-54,55-21-14-9-15-22-55)56-23-16-10-17-24-56/h8-10,12-17,19-28H,2-7,11,18,29-52H2,1H3. The number of hydrogen-bond acceptors (Lipinski definition) is 13. The fraction of sp³-hybridized carbons (Fsp3) is 0.586. The molecule has 0 fully saturated rings. The minimum Gasteiger partial charge on any atom is -0.491 e. The molecule has 0 aliphatic carbocycles. The highest BCUT2D eigenvalue weighted by Crippen LogP contribution is 2.40. The average molecular weight is 991 g/mol. The highest BCUT2D eigenvalue weighted by atomic mass is 16.6. The van der Waals surface area contributed by atoms with Crippen LogP contribution in [0.4, 0.5) is 0 Å². The van der Waals surface area contributed by atoms with Crippen molar-refractivity contribution in [1.29, 1.82) is 0 Å². The number of ether oxygens (including phenoxy) is 13. The van der Waals surface area contributed by atoms with Crippen LogP contribution in [0.3, 0.4) is 0 Å². The number of rotatable bonds is 49. The molecule has 13 nitrogen and oxygen atoms in total. The van der Waals surface area contributed by atoms with Crippen LogP contribution in [0.5, 0.6) is 5.75 Å². The molecule has 4 aromatic carbocycles. The van der Waals surface area contributed by atoms with Crippen molar-refractivity contribution in [2.75, 3.05) is 159 Å². The van der Waals surface area contributed by atoms with Crippen molar-refractivity contribution in [3.05, 3.63) is 138 Å². The Balaban J connectivity index is 0.804. The summed E-state index contributed by atoms with van der Waals surface area (Å²) in [5.41, 5.74) is 3.82. The minimum absolute atomic E-state index is 0.413. The fourth-order valence-electron chi connectivity index (χ4n) is 7.58. The van der Waals surface area contributed by atoms with Crippen molar-refractivity contribution in [2.45, 2.75) is 63.9 Å². The topological polar surface area (TPSA) is 120 Å². The van der Waals surface area contributed by atoms with E-state index in [1.165, 1.54) is 50.5 Å². The van der Waals surface area contributed by atoms with Gasteiger partial charge in [0, 0.05) is 0 Å². The fourth-order valence-corrected chi connectivity index (χ4v) is 7.58. The summed E-state index contributed by atoms with van der Waals surface area (Å²) >= 11 is 0. The average Bonchev–Trinajstić information content (AvgIpc) is 3.41. The Morgan fingerprint density at radius 2 is 0.563 bits per heavy atom. The van der Waals surface area contributed by atoms with E-state index in [0.717, 1.165) is 28.9 Å². The molecule has 0 aromatic heterocycles. The molecule has 0 N–H and O–H groups in total. The second-order valence-electron chi connectivity index (χ2n) is 16.7. The molecule has 0 radical (unpaired) electrons. The van der Waals surface area contributed by atoms with Crippen LogP contribution in [-0.4, -0.2) is 159 Å². The molecule has 396 valence electrons. The van der Waals surface area contributed by atoms with Crippen molar-refractivity contribution in [1.82, 2.24) is 0 Å². The maximum absolute atomic E-state index is 6.75. The molecule has 71 heavy (non-hydrogen) atoms. The van der Waals surface area contributed by atoms with Crippen LogP contribution in [-0.2, 0) is 68.9 Å². The number of hydrogen-bond donors (Lipinski definition) is 0. The van der Waals surface area contributed by atoms with Crippen LogP contribution >= 0.6 is 0 Å². The van der Waals surface area contributed by atoms with E-state index in [1.807, 2.05) is 54.6 Å². The zero-order valence-corrected chi connectivity index (χ0v) is 42.9. The zero-order valence-electron chi connectivity index (χ0n) is 42.9. The van der Waals surface area contributed by atoms with Crippen molar-refractivity contribution in [3.63, 3.8) is 0 Å². The summed E-state index contributed by atoms with van der Waals surface area (Å²) in [5.74, 6) is 0.884. The molecule has 0 aliphatic heterocycles. The molecule has 13 heteroatoms. The Bertz CT molecular complexity index is 1640. The highest BCUT2D eigenvalue weighted by molar-refractivity contribution is 5.47. The lowest BCUT2D eigenvalue weighted by Crippen LogP contribution is -2.34. The molecule has 0 bridgehead atoms. The third kappa shape index (κ3) is 28.3. The third-order valence-electron chi connectivity index (χ3n) is 11.3. The van der Waals surface area contributed by atoms with Gasteiger partial charge in [0.2, 0.25) is 0 Å². The van der Waals surface area contributed by atoms with Crippen molar-refractivity contribution in [2.24, 2.45) is 0 Å². The van der Waals surface area contributed by atoms with E-state index in [-0.39, 0.29) is 0 Å². The van der Waals surface area contributed by atoms with Crippen molar-refractivity contribution >= 4 is 0 Å². The molecule has 0 atom stereocenters. The van der Waals surface area contributed by atoms with Gasteiger partial charge in [0.05, 0.1) is 152 Å². The van der Waals surface area contributed by atoms with Gasteiger partial charge in [-0.05, 0) is 47.2 Å². The summed E-state index contributed by atoms with van der Waals surface area (Å²) in [7, 11) is 0. The molecule has 0 spiro atoms. The zero-order chi connectivity index (χ0) is 49.6. The predicted molar refractivity (Wildman–Crippen MR) is 278 cm³/mol. The van der Waals surface area contributed by atoms with Gasteiger partial charge in [-0.2, -0.15) is 0 Å². The molecule has 0 heterocycles. The van der Waals surface area contributed by atoms with Gasteiger partial charge in [-0.25, -0.2) is 0 Å². The Morgan fingerprint density at radius 1 is 0.282 bits per heavy atom. The molecule has 0 saturated carbocycles. The van der Waals surface area contributed by atoms with Crippen LogP contribution in [0.15, 0.2) is 115 Å². The van der Waals surface area contributed by atoms with E-state index in [0.29, 0.717) is 159 Å². The van der Waals surface area contributed by atoms with Gasteiger partial charge < -0.3 is 61.6 Å². The predicted octanol–water partition coefficient (Wildman–Crippen LogP) is 9.55. The molecule has 0 aliphatic rings. The second-order valence-corrected chi connectivity index (χ2v) is 16.7. The quantitative estimate of drug-likeness (QED) is 0.0309. The first kappa shape index (κ1) is 59.8. The Morgan fingerprint density at radius 3 is 0.887 bits per heavy atom. The van der Waals surface area contributed by atoms with Crippen LogP contribution in [0, 0.1) is 0 Å². The Kier molecular flexibility index (Phi) is 35.9. The summed E-state index contributed by atoms with van der Waals surface area (Å²) in [6, 6.07) is 39.5. The summed E-state index contributed by atoms with van der Waals surface area (Å²) in [6.07, 6.45) is 10.5. The van der Waals surface area contributed by atoms with Gasteiger partial charge in [0.15, 0.2) is 0 Å². The van der Waals surface area contributed by atoms with Crippen molar-refractivity contribution in [3.8, 4) is 5.75 Å². The number of benzene rings is 4. The molecule has 0 saturated heterocycles. The second kappa shape index (κ2) is 42.7. The summed E-state index contributed by atoms with van der Waals surface area (Å²) in [5, 5.41) is 0. The van der Waals surface area contributed by atoms with Gasteiger partial charge in [-0.1, -0.05) is 149 Å². The van der Waals surface area contributed by atoms with E-state index in [4.69, 9.17) is 61.6 Å².